The van der Waals surface area contributed by atoms with Gasteiger partial charge < -0.3 is 19.2 Å². The summed E-state index contributed by atoms with van der Waals surface area (Å²) in [5.41, 5.74) is 1.81. The Morgan fingerprint density at radius 2 is 1.97 bits per heavy atom. The SMILES string of the molecule is COc1cc(CS(=O)c2nc3cc4c(cc3[nH]2)OC(F)(F)C(F)(Cl)O4)ncc1C. The van der Waals surface area contributed by atoms with E-state index in [4.69, 9.17) is 16.3 Å². The lowest BCUT2D eigenvalue weighted by atomic mass is 10.2. The summed E-state index contributed by atoms with van der Waals surface area (Å²) >= 11 is 5.07. The topological polar surface area (TPSA) is 86.3 Å². The van der Waals surface area contributed by atoms with Crippen molar-refractivity contribution in [2.24, 2.45) is 0 Å². The maximum atomic E-state index is 13.8. The van der Waals surface area contributed by atoms with Gasteiger partial charge in [-0.1, -0.05) is 0 Å². The summed E-state index contributed by atoms with van der Waals surface area (Å²) in [5, 5.41) is -3.78. The van der Waals surface area contributed by atoms with Crippen molar-refractivity contribution in [1.29, 1.82) is 0 Å². The summed E-state index contributed by atoms with van der Waals surface area (Å²) in [6.45, 7) is 1.83. The molecule has 2 aromatic heterocycles. The van der Waals surface area contributed by atoms with Gasteiger partial charge in [-0.25, -0.2) is 4.98 Å². The smallest absolute Gasteiger partial charge is 0.488 e. The molecule has 7 nitrogen and oxygen atoms in total. The maximum Gasteiger partial charge on any atom is 0.488 e. The van der Waals surface area contributed by atoms with Gasteiger partial charge in [-0.15, -0.1) is 0 Å². The summed E-state index contributed by atoms with van der Waals surface area (Å²) < 4.78 is 67.7. The van der Waals surface area contributed by atoms with Crippen molar-refractivity contribution in [1.82, 2.24) is 15.0 Å². The summed E-state index contributed by atoms with van der Waals surface area (Å²) in [4.78, 5) is 11.1. The molecule has 1 N–H and O–H groups in total. The fraction of sp³-hybridized carbons (Fsp3) is 0.294. The molecule has 2 atom stereocenters. The molecule has 3 heterocycles. The third-order valence-corrected chi connectivity index (χ3v) is 5.65. The van der Waals surface area contributed by atoms with Gasteiger partial charge in [0.05, 0.1) is 40.4 Å². The molecule has 3 aromatic rings. The van der Waals surface area contributed by atoms with Crippen molar-refractivity contribution < 1.29 is 31.6 Å². The first-order valence-corrected chi connectivity index (χ1v) is 9.84. The van der Waals surface area contributed by atoms with Gasteiger partial charge in [0.2, 0.25) is 0 Å². The predicted molar refractivity (Wildman–Crippen MR) is 97.6 cm³/mol. The fourth-order valence-electron chi connectivity index (χ4n) is 2.70. The number of rotatable bonds is 4. The van der Waals surface area contributed by atoms with Crippen LogP contribution in [-0.2, 0) is 16.6 Å². The van der Waals surface area contributed by atoms with E-state index in [-0.39, 0.29) is 27.7 Å². The molecule has 1 aliphatic rings. The number of aromatic amines is 1. The Hall–Kier alpha value is -2.53. The lowest BCUT2D eigenvalue weighted by Crippen LogP contribution is -2.51. The Balaban J connectivity index is 1.64. The number of hydrogen-bond acceptors (Lipinski definition) is 6. The van der Waals surface area contributed by atoms with Crippen molar-refractivity contribution in [3.63, 3.8) is 0 Å². The van der Waals surface area contributed by atoms with Crippen LogP contribution in [0.25, 0.3) is 11.0 Å². The van der Waals surface area contributed by atoms with Gasteiger partial charge in [0.15, 0.2) is 16.7 Å². The van der Waals surface area contributed by atoms with E-state index >= 15 is 0 Å². The van der Waals surface area contributed by atoms with Crippen LogP contribution in [0.2, 0.25) is 0 Å². The van der Waals surface area contributed by atoms with Crippen molar-refractivity contribution >= 4 is 33.4 Å². The number of methoxy groups -OCH3 is 1. The van der Waals surface area contributed by atoms with Gasteiger partial charge in [-0.2, -0.15) is 13.2 Å². The van der Waals surface area contributed by atoms with Crippen LogP contribution in [0.5, 0.6) is 17.2 Å². The first-order chi connectivity index (χ1) is 13.6. The molecule has 154 valence electrons. The second-order valence-corrected chi connectivity index (χ2v) is 8.08. The molecule has 0 saturated heterocycles. The molecule has 1 aliphatic heterocycles. The lowest BCUT2D eigenvalue weighted by molar-refractivity contribution is -0.303. The third-order valence-electron chi connectivity index (χ3n) is 4.17. The average molecular weight is 448 g/mol. The molecule has 4 rings (SSSR count). The van der Waals surface area contributed by atoms with Crippen LogP contribution in [0, 0.1) is 6.92 Å². The monoisotopic (exact) mass is 447 g/mol. The Labute approximate surface area is 169 Å². The van der Waals surface area contributed by atoms with Gasteiger partial charge in [-0.3, -0.25) is 9.19 Å². The number of H-pyrrole nitrogens is 1. The number of aryl methyl sites for hydroxylation is 1. The van der Waals surface area contributed by atoms with Gasteiger partial charge in [0.25, 0.3) is 0 Å². The zero-order valence-corrected chi connectivity index (χ0v) is 16.5. The normalized spacial score (nSPS) is 21.2. The van der Waals surface area contributed by atoms with Crippen LogP contribution >= 0.6 is 11.6 Å². The number of halogens is 4. The van der Waals surface area contributed by atoms with Gasteiger partial charge in [-0.05, 0) is 18.5 Å². The van der Waals surface area contributed by atoms with E-state index in [1.54, 1.807) is 12.3 Å². The summed E-state index contributed by atoms with van der Waals surface area (Å²) in [6.07, 6.45) is -2.79. The zero-order chi connectivity index (χ0) is 21.0. The van der Waals surface area contributed by atoms with Crippen LogP contribution in [-0.4, -0.2) is 37.7 Å². The lowest BCUT2D eigenvalue weighted by Gasteiger charge is -2.33. The molecule has 0 bridgehead atoms. The van der Waals surface area contributed by atoms with E-state index in [1.807, 2.05) is 6.92 Å². The minimum atomic E-state index is -4.39. The molecule has 12 heteroatoms. The highest BCUT2D eigenvalue weighted by Crippen LogP contribution is 2.49. The van der Waals surface area contributed by atoms with E-state index in [1.165, 1.54) is 13.2 Å². The number of imidazole rings is 1. The minimum absolute atomic E-state index is 0.0382. The number of fused-ring (bicyclic) bond motifs is 2. The highest BCUT2D eigenvalue weighted by atomic mass is 35.5. The fourth-order valence-corrected chi connectivity index (χ4v) is 3.81. The van der Waals surface area contributed by atoms with Crippen molar-refractivity contribution in [2.75, 3.05) is 7.11 Å². The third kappa shape index (κ3) is 3.48. The Morgan fingerprint density at radius 3 is 2.69 bits per heavy atom. The molecule has 29 heavy (non-hydrogen) atoms. The van der Waals surface area contributed by atoms with Crippen LogP contribution < -0.4 is 14.2 Å². The molecule has 0 saturated carbocycles. The number of aromatic nitrogens is 3. The second-order valence-electron chi connectivity index (χ2n) is 6.23. The van der Waals surface area contributed by atoms with Gasteiger partial charge in [0.1, 0.15) is 5.75 Å². The Kier molecular flexibility index (Phi) is 4.61. The standard InChI is InChI=1S/C17H13ClF3N3O4S/c1-8-6-22-9(3-12(8)26-2)7-29(25)15-23-10-4-13-14(5-11(10)24-15)28-17(20,21)16(18,19)27-13/h3-6H,7H2,1-2H3,(H,23,24). The molecular formula is C17H13ClF3N3O4S. The van der Waals surface area contributed by atoms with Gasteiger partial charge in [0, 0.05) is 30.0 Å². The highest BCUT2D eigenvalue weighted by Gasteiger charge is 2.63. The first kappa shape index (κ1) is 19.8. The minimum Gasteiger partial charge on any atom is -0.496 e. The average Bonchev–Trinajstić information content (AvgIpc) is 3.05. The number of hydrogen-bond donors (Lipinski definition) is 1. The number of benzene rings is 1. The van der Waals surface area contributed by atoms with E-state index in [0.29, 0.717) is 11.4 Å². The molecule has 0 aliphatic carbocycles. The van der Waals surface area contributed by atoms with Crippen molar-refractivity contribution in [3.8, 4) is 17.2 Å². The maximum absolute atomic E-state index is 13.8. The number of pyridine rings is 1. The number of alkyl halides is 4. The quantitative estimate of drug-likeness (QED) is 0.612. The molecule has 0 fully saturated rings. The molecular weight excluding hydrogens is 435 g/mol. The van der Waals surface area contributed by atoms with E-state index in [0.717, 1.165) is 11.6 Å². The zero-order valence-electron chi connectivity index (χ0n) is 15.0. The van der Waals surface area contributed by atoms with Crippen molar-refractivity contribution in [3.05, 3.63) is 35.7 Å². The van der Waals surface area contributed by atoms with Crippen LogP contribution in [0.1, 0.15) is 11.3 Å². The van der Waals surface area contributed by atoms with Crippen LogP contribution in [0.4, 0.5) is 13.2 Å². The molecule has 2 unspecified atom stereocenters. The van der Waals surface area contributed by atoms with Gasteiger partial charge >= 0.3 is 11.4 Å². The largest absolute Gasteiger partial charge is 0.496 e. The highest BCUT2D eigenvalue weighted by molar-refractivity contribution is 7.84. The number of nitrogens with zero attached hydrogens (tertiary/aromatic N) is 2. The molecule has 1 aromatic carbocycles. The van der Waals surface area contributed by atoms with Crippen LogP contribution in [0.15, 0.2) is 29.6 Å². The molecule has 0 spiro atoms. The molecule has 0 radical (unpaired) electrons. The van der Waals surface area contributed by atoms with E-state index < -0.39 is 28.0 Å². The molecule has 0 amide bonds. The summed E-state index contributed by atoms with van der Waals surface area (Å²) in [6, 6.07) is 3.98. The summed E-state index contributed by atoms with van der Waals surface area (Å²) in [7, 11) is -0.112. The van der Waals surface area contributed by atoms with Crippen LogP contribution in [0.3, 0.4) is 0 Å². The van der Waals surface area contributed by atoms with E-state index in [2.05, 4.69) is 24.4 Å². The number of nitrogens with one attached hydrogen (secondary N) is 1. The Bertz CT molecular complexity index is 1090. The summed E-state index contributed by atoms with van der Waals surface area (Å²) in [5.74, 6) is -0.136. The van der Waals surface area contributed by atoms with Crippen molar-refractivity contribution in [2.45, 2.75) is 29.3 Å². The van der Waals surface area contributed by atoms with E-state index in [9.17, 15) is 17.4 Å². The predicted octanol–water partition coefficient (Wildman–Crippen LogP) is 3.81. The second kappa shape index (κ2) is 6.77. The number of ether oxygens (including phenoxy) is 3. The Morgan fingerprint density at radius 1 is 1.24 bits per heavy atom. The first-order valence-electron chi connectivity index (χ1n) is 8.15.